The lowest BCUT2D eigenvalue weighted by atomic mass is 10.2. The van der Waals surface area contributed by atoms with Gasteiger partial charge in [0.25, 0.3) is 0 Å². The predicted molar refractivity (Wildman–Crippen MR) is 70.3 cm³/mol. The van der Waals surface area contributed by atoms with E-state index in [1.165, 1.54) is 12.1 Å². The van der Waals surface area contributed by atoms with Crippen LogP contribution in [0, 0.1) is 5.82 Å². The van der Waals surface area contributed by atoms with E-state index in [0.29, 0.717) is 11.3 Å². The van der Waals surface area contributed by atoms with E-state index in [-0.39, 0.29) is 12.4 Å². The standard InChI is InChI=1S/C14H10BrFO2/c15-14-5-4-13(7-11(14)8-17)18-9-10-2-1-3-12(16)6-10/h1-8H,9H2. The van der Waals surface area contributed by atoms with Crippen LogP contribution in [0.3, 0.4) is 0 Å². The lowest BCUT2D eigenvalue weighted by Crippen LogP contribution is -1.96. The Balaban J connectivity index is 2.08. The first-order chi connectivity index (χ1) is 8.69. The SMILES string of the molecule is O=Cc1cc(OCc2cccc(F)c2)ccc1Br. The van der Waals surface area contributed by atoms with Crippen LogP contribution in [-0.2, 0) is 6.61 Å². The van der Waals surface area contributed by atoms with E-state index in [4.69, 9.17) is 4.74 Å². The van der Waals surface area contributed by atoms with Crippen LogP contribution in [0.15, 0.2) is 46.9 Å². The van der Waals surface area contributed by atoms with Crippen molar-refractivity contribution in [3.8, 4) is 5.75 Å². The van der Waals surface area contributed by atoms with Crippen molar-refractivity contribution in [2.75, 3.05) is 0 Å². The summed E-state index contributed by atoms with van der Waals surface area (Å²) >= 11 is 3.26. The maximum absolute atomic E-state index is 13.0. The summed E-state index contributed by atoms with van der Waals surface area (Å²) in [6.45, 7) is 0.262. The third-order valence-electron chi connectivity index (χ3n) is 2.39. The van der Waals surface area contributed by atoms with E-state index >= 15 is 0 Å². The molecule has 0 saturated heterocycles. The summed E-state index contributed by atoms with van der Waals surface area (Å²) in [5.41, 5.74) is 1.26. The van der Waals surface area contributed by atoms with Gasteiger partial charge in [-0.3, -0.25) is 4.79 Å². The number of aldehydes is 1. The van der Waals surface area contributed by atoms with E-state index < -0.39 is 0 Å². The van der Waals surface area contributed by atoms with Crippen LogP contribution in [-0.4, -0.2) is 6.29 Å². The van der Waals surface area contributed by atoms with Crippen LogP contribution in [0.2, 0.25) is 0 Å². The highest BCUT2D eigenvalue weighted by molar-refractivity contribution is 9.10. The molecule has 18 heavy (non-hydrogen) atoms. The van der Waals surface area contributed by atoms with Crippen molar-refractivity contribution in [2.24, 2.45) is 0 Å². The summed E-state index contributed by atoms with van der Waals surface area (Å²) in [6, 6.07) is 11.3. The van der Waals surface area contributed by atoms with Gasteiger partial charge in [-0.1, -0.05) is 28.1 Å². The summed E-state index contributed by atoms with van der Waals surface area (Å²) in [7, 11) is 0. The molecule has 0 radical (unpaired) electrons. The second-order valence-electron chi connectivity index (χ2n) is 3.72. The smallest absolute Gasteiger partial charge is 0.151 e. The topological polar surface area (TPSA) is 26.3 Å². The molecule has 0 aliphatic heterocycles. The zero-order valence-corrected chi connectivity index (χ0v) is 11.0. The number of ether oxygens (including phenoxy) is 1. The summed E-state index contributed by atoms with van der Waals surface area (Å²) in [4.78, 5) is 10.8. The van der Waals surface area contributed by atoms with Gasteiger partial charge >= 0.3 is 0 Å². The van der Waals surface area contributed by atoms with Gasteiger partial charge < -0.3 is 4.74 Å². The molecule has 2 aromatic rings. The largest absolute Gasteiger partial charge is 0.489 e. The van der Waals surface area contributed by atoms with Gasteiger partial charge in [-0.2, -0.15) is 0 Å². The number of hydrogen-bond donors (Lipinski definition) is 0. The van der Waals surface area contributed by atoms with Crippen LogP contribution < -0.4 is 4.74 Å². The number of halogens is 2. The Hall–Kier alpha value is -1.68. The first kappa shape index (κ1) is 12.8. The summed E-state index contributed by atoms with van der Waals surface area (Å²) in [5.74, 6) is 0.282. The van der Waals surface area contributed by atoms with Crippen molar-refractivity contribution >= 4 is 22.2 Å². The third-order valence-corrected chi connectivity index (χ3v) is 3.11. The van der Waals surface area contributed by atoms with E-state index in [1.807, 2.05) is 0 Å². The van der Waals surface area contributed by atoms with Crippen LogP contribution in [0.1, 0.15) is 15.9 Å². The molecule has 0 aromatic heterocycles. The fourth-order valence-corrected chi connectivity index (χ4v) is 1.84. The average Bonchev–Trinajstić information content (AvgIpc) is 2.38. The molecule has 0 spiro atoms. The third kappa shape index (κ3) is 3.17. The molecule has 0 aliphatic rings. The van der Waals surface area contributed by atoms with Gasteiger partial charge in [-0.15, -0.1) is 0 Å². The molecule has 0 bridgehead atoms. The van der Waals surface area contributed by atoms with E-state index in [2.05, 4.69) is 15.9 Å². The molecule has 0 amide bonds. The number of benzene rings is 2. The second kappa shape index (κ2) is 5.78. The Labute approximate surface area is 113 Å². The first-order valence-electron chi connectivity index (χ1n) is 5.31. The van der Waals surface area contributed by atoms with E-state index in [1.54, 1.807) is 30.3 Å². The molecule has 2 aromatic carbocycles. The van der Waals surface area contributed by atoms with Crippen molar-refractivity contribution in [3.63, 3.8) is 0 Å². The minimum absolute atomic E-state index is 0.262. The minimum atomic E-state index is -0.291. The zero-order valence-electron chi connectivity index (χ0n) is 9.40. The molecule has 0 fully saturated rings. The maximum Gasteiger partial charge on any atom is 0.151 e. The molecule has 0 N–H and O–H groups in total. The lowest BCUT2D eigenvalue weighted by molar-refractivity contribution is 0.112. The van der Waals surface area contributed by atoms with Crippen LogP contribution in [0.4, 0.5) is 4.39 Å². The molecule has 0 atom stereocenters. The highest BCUT2D eigenvalue weighted by Gasteiger charge is 2.02. The van der Waals surface area contributed by atoms with Crippen LogP contribution >= 0.6 is 15.9 Å². The maximum atomic E-state index is 13.0. The number of hydrogen-bond acceptors (Lipinski definition) is 2. The Morgan fingerprint density at radius 2 is 2.06 bits per heavy atom. The van der Waals surface area contributed by atoms with Gasteiger partial charge in [-0.05, 0) is 35.9 Å². The van der Waals surface area contributed by atoms with Crippen molar-refractivity contribution in [1.29, 1.82) is 0 Å². The lowest BCUT2D eigenvalue weighted by Gasteiger charge is -2.07. The summed E-state index contributed by atoms with van der Waals surface area (Å²) < 4.78 is 19.2. The van der Waals surface area contributed by atoms with Crippen LogP contribution in [0.25, 0.3) is 0 Å². The van der Waals surface area contributed by atoms with E-state index in [9.17, 15) is 9.18 Å². The molecule has 92 valence electrons. The van der Waals surface area contributed by atoms with Crippen LogP contribution in [0.5, 0.6) is 5.75 Å². The van der Waals surface area contributed by atoms with Crippen molar-refractivity contribution < 1.29 is 13.9 Å². The van der Waals surface area contributed by atoms with Gasteiger partial charge in [0.2, 0.25) is 0 Å². The van der Waals surface area contributed by atoms with Gasteiger partial charge in [0.15, 0.2) is 6.29 Å². The molecular weight excluding hydrogens is 299 g/mol. The highest BCUT2D eigenvalue weighted by atomic mass is 79.9. The monoisotopic (exact) mass is 308 g/mol. The highest BCUT2D eigenvalue weighted by Crippen LogP contribution is 2.22. The number of carbonyl (C=O) groups is 1. The number of carbonyl (C=O) groups excluding carboxylic acids is 1. The second-order valence-corrected chi connectivity index (χ2v) is 4.57. The molecule has 0 unspecified atom stereocenters. The van der Waals surface area contributed by atoms with Crippen molar-refractivity contribution in [1.82, 2.24) is 0 Å². The average molecular weight is 309 g/mol. The molecule has 2 nitrogen and oxygen atoms in total. The Kier molecular flexibility index (Phi) is 4.10. The van der Waals surface area contributed by atoms with Gasteiger partial charge in [0.05, 0.1) is 0 Å². The molecule has 2 rings (SSSR count). The summed E-state index contributed by atoms with van der Waals surface area (Å²) in [6.07, 6.45) is 0.749. The molecule has 0 aliphatic carbocycles. The van der Waals surface area contributed by atoms with Gasteiger partial charge in [-0.25, -0.2) is 4.39 Å². The van der Waals surface area contributed by atoms with Gasteiger partial charge in [0.1, 0.15) is 18.2 Å². The van der Waals surface area contributed by atoms with Gasteiger partial charge in [0, 0.05) is 10.0 Å². The van der Waals surface area contributed by atoms with Crippen molar-refractivity contribution in [2.45, 2.75) is 6.61 Å². The molecule has 0 heterocycles. The minimum Gasteiger partial charge on any atom is -0.489 e. The molecule has 4 heteroatoms. The zero-order chi connectivity index (χ0) is 13.0. The Morgan fingerprint density at radius 1 is 1.22 bits per heavy atom. The normalized spacial score (nSPS) is 10.1. The molecular formula is C14H10BrFO2. The molecule has 0 saturated carbocycles. The van der Waals surface area contributed by atoms with E-state index in [0.717, 1.165) is 16.3 Å². The van der Waals surface area contributed by atoms with Crippen molar-refractivity contribution in [3.05, 3.63) is 63.9 Å². The Bertz CT molecular complexity index is 569. The summed E-state index contributed by atoms with van der Waals surface area (Å²) in [5, 5.41) is 0. The predicted octanol–water partition coefficient (Wildman–Crippen LogP) is 3.98. The first-order valence-corrected chi connectivity index (χ1v) is 6.10. The quantitative estimate of drug-likeness (QED) is 0.799. The fraction of sp³-hybridized carbons (Fsp3) is 0.0714. The number of rotatable bonds is 4. The fourth-order valence-electron chi connectivity index (χ4n) is 1.50. The Morgan fingerprint density at radius 3 is 2.78 bits per heavy atom.